The van der Waals surface area contributed by atoms with Crippen LogP contribution in [-0.2, 0) is 13.1 Å². The average molecular weight is 307 g/mol. The molecule has 0 amide bonds. The van der Waals surface area contributed by atoms with Crippen molar-refractivity contribution in [2.45, 2.75) is 19.2 Å². The molecule has 0 saturated heterocycles. The van der Waals surface area contributed by atoms with E-state index in [-0.39, 0.29) is 11.6 Å². The summed E-state index contributed by atoms with van der Waals surface area (Å²) in [4.78, 5) is 6.32. The van der Waals surface area contributed by atoms with Crippen LogP contribution in [0.1, 0.15) is 11.3 Å². The Bertz CT molecular complexity index is 551. The summed E-state index contributed by atoms with van der Waals surface area (Å²) in [6.07, 6.45) is 1.13. The number of phenols is 1. The molecule has 5 heteroatoms. The predicted molar refractivity (Wildman–Crippen MR) is 83.2 cm³/mol. The summed E-state index contributed by atoms with van der Waals surface area (Å²) in [6.45, 7) is 1.54. The van der Waals surface area contributed by atoms with Crippen molar-refractivity contribution in [1.82, 2.24) is 9.88 Å². The number of aromatic nitrogens is 1. The molecule has 0 aliphatic heterocycles. The van der Waals surface area contributed by atoms with E-state index in [1.807, 2.05) is 35.2 Å². The summed E-state index contributed by atoms with van der Waals surface area (Å²) in [6, 6.07) is 12.9. The normalized spacial score (nSPS) is 12.5. The molecule has 112 valence electrons. The van der Waals surface area contributed by atoms with Gasteiger partial charge in [0.25, 0.3) is 0 Å². The summed E-state index contributed by atoms with van der Waals surface area (Å²) in [5.74, 6) is 0.434. The van der Waals surface area contributed by atoms with E-state index in [4.69, 9.17) is 11.6 Å². The molecule has 2 N–H and O–H groups in total. The van der Waals surface area contributed by atoms with Crippen LogP contribution in [0.4, 0.5) is 0 Å². The number of aromatic hydroxyl groups is 1. The smallest absolute Gasteiger partial charge is 0.120 e. The molecule has 1 aromatic heterocycles. The number of phenolic OH excluding ortho intramolecular Hbond substituents is 1. The van der Waals surface area contributed by atoms with Gasteiger partial charge < -0.3 is 10.2 Å². The summed E-state index contributed by atoms with van der Waals surface area (Å²) >= 11 is 5.69. The Morgan fingerprint density at radius 3 is 2.52 bits per heavy atom. The molecule has 0 saturated carbocycles. The molecular formula is C16H19ClN2O2. The Morgan fingerprint density at radius 1 is 1.10 bits per heavy atom. The lowest BCUT2D eigenvalue weighted by Crippen LogP contribution is -2.32. The fraction of sp³-hybridized carbons (Fsp3) is 0.312. The molecule has 2 aromatic rings. The quantitative estimate of drug-likeness (QED) is 0.771. The fourth-order valence-corrected chi connectivity index (χ4v) is 2.24. The molecule has 0 bridgehead atoms. The number of para-hydroxylation sites is 1. The number of rotatable bonds is 7. The Balaban J connectivity index is 2.10. The summed E-state index contributed by atoms with van der Waals surface area (Å²) in [5.41, 5.74) is 1.73. The number of pyridine rings is 1. The third kappa shape index (κ3) is 5.01. The Kier molecular flexibility index (Phi) is 5.99. The first kappa shape index (κ1) is 15.8. The monoisotopic (exact) mass is 306 g/mol. The first-order valence-corrected chi connectivity index (χ1v) is 7.35. The maximum absolute atomic E-state index is 9.89. The van der Waals surface area contributed by atoms with E-state index in [0.29, 0.717) is 19.6 Å². The molecule has 1 heterocycles. The van der Waals surface area contributed by atoms with E-state index in [1.54, 1.807) is 18.3 Å². The predicted octanol–water partition coefficient (Wildman–Crippen LogP) is 2.39. The Morgan fingerprint density at radius 2 is 1.86 bits per heavy atom. The zero-order valence-corrected chi connectivity index (χ0v) is 12.4. The lowest BCUT2D eigenvalue weighted by molar-refractivity contribution is 0.119. The van der Waals surface area contributed by atoms with Crippen molar-refractivity contribution in [3.63, 3.8) is 0 Å². The van der Waals surface area contributed by atoms with Crippen LogP contribution in [0.5, 0.6) is 5.75 Å². The molecular weight excluding hydrogens is 288 g/mol. The highest BCUT2D eigenvalue weighted by atomic mass is 35.5. The highest BCUT2D eigenvalue weighted by Gasteiger charge is 2.14. The number of hydrogen-bond donors (Lipinski definition) is 2. The average Bonchev–Trinajstić information content (AvgIpc) is 2.50. The van der Waals surface area contributed by atoms with Gasteiger partial charge in [0.2, 0.25) is 0 Å². The van der Waals surface area contributed by atoms with Crippen LogP contribution in [0.3, 0.4) is 0 Å². The summed E-state index contributed by atoms with van der Waals surface area (Å²) in [7, 11) is 0. The molecule has 0 fully saturated rings. The molecule has 2 rings (SSSR count). The second-order valence-corrected chi connectivity index (χ2v) is 5.24. The van der Waals surface area contributed by atoms with Crippen LogP contribution in [0.15, 0.2) is 48.7 Å². The number of benzene rings is 1. The number of hydrogen-bond acceptors (Lipinski definition) is 4. The minimum atomic E-state index is -0.610. The van der Waals surface area contributed by atoms with Gasteiger partial charge >= 0.3 is 0 Å². The molecule has 0 aliphatic rings. The van der Waals surface area contributed by atoms with Gasteiger partial charge in [0.1, 0.15) is 5.75 Å². The van der Waals surface area contributed by atoms with E-state index in [9.17, 15) is 10.2 Å². The van der Waals surface area contributed by atoms with Gasteiger partial charge in [-0.1, -0.05) is 24.3 Å². The topological polar surface area (TPSA) is 56.6 Å². The van der Waals surface area contributed by atoms with Crippen molar-refractivity contribution < 1.29 is 10.2 Å². The van der Waals surface area contributed by atoms with Gasteiger partial charge in [-0.15, -0.1) is 11.6 Å². The molecule has 21 heavy (non-hydrogen) atoms. The van der Waals surface area contributed by atoms with Crippen LogP contribution in [0.2, 0.25) is 0 Å². The summed E-state index contributed by atoms with van der Waals surface area (Å²) < 4.78 is 0. The molecule has 1 atom stereocenters. The molecule has 1 unspecified atom stereocenters. The first-order valence-electron chi connectivity index (χ1n) is 6.82. The van der Waals surface area contributed by atoms with Gasteiger partial charge in [0, 0.05) is 37.3 Å². The van der Waals surface area contributed by atoms with Gasteiger partial charge in [-0.25, -0.2) is 0 Å². The van der Waals surface area contributed by atoms with Crippen LogP contribution in [0.25, 0.3) is 0 Å². The standard InChI is InChI=1S/C16H19ClN2O2/c17-9-15(20)12-19(11-14-6-3-4-8-18-14)10-13-5-1-2-7-16(13)21/h1-8,15,20-21H,9-12H2. The molecule has 0 spiro atoms. The van der Waals surface area contributed by atoms with Gasteiger partial charge in [-0.05, 0) is 18.2 Å². The van der Waals surface area contributed by atoms with Gasteiger partial charge in [0.15, 0.2) is 0 Å². The fourth-order valence-electron chi connectivity index (χ4n) is 2.14. The largest absolute Gasteiger partial charge is 0.508 e. The highest BCUT2D eigenvalue weighted by molar-refractivity contribution is 6.18. The molecule has 1 aromatic carbocycles. The zero-order chi connectivity index (χ0) is 15.1. The zero-order valence-electron chi connectivity index (χ0n) is 11.7. The van der Waals surface area contributed by atoms with Crippen molar-refractivity contribution in [3.8, 4) is 5.75 Å². The number of halogens is 1. The number of nitrogens with zero attached hydrogens (tertiary/aromatic N) is 2. The van der Waals surface area contributed by atoms with Gasteiger partial charge in [0.05, 0.1) is 11.8 Å². The second kappa shape index (κ2) is 7.98. The van der Waals surface area contributed by atoms with E-state index in [2.05, 4.69) is 4.98 Å². The Labute approximate surface area is 129 Å². The number of aliphatic hydroxyl groups is 1. The maximum atomic E-state index is 9.89. The van der Waals surface area contributed by atoms with E-state index in [1.165, 1.54) is 0 Å². The Hall–Kier alpha value is -1.62. The van der Waals surface area contributed by atoms with E-state index < -0.39 is 6.10 Å². The molecule has 0 aliphatic carbocycles. The lowest BCUT2D eigenvalue weighted by atomic mass is 10.1. The third-order valence-corrected chi connectivity index (χ3v) is 3.50. The van der Waals surface area contributed by atoms with Gasteiger partial charge in [-0.3, -0.25) is 9.88 Å². The van der Waals surface area contributed by atoms with Crippen molar-refractivity contribution in [3.05, 3.63) is 59.9 Å². The first-order chi connectivity index (χ1) is 10.2. The van der Waals surface area contributed by atoms with E-state index in [0.717, 1.165) is 11.3 Å². The van der Waals surface area contributed by atoms with Crippen LogP contribution < -0.4 is 0 Å². The maximum Gasteiger partial charge on any atom is 0.120 e. The second-order valence-electron chi connectivity index (χ2n) is 4.93. The third-order valence-electron chi connectivity index (χ3n) is 3.14. The van der Waals surface area contributed by atoms with Crippen molar-refractivity contribution >= 4 is 11.6 Å². The van der Waals surface area contributed by atoms with Crippen LogP contribution >= 0.6 is 11.6 Å². The summed E-state index contributed by atoms with van der Waals surface area (Å²) in [5, 5.41) is 19.7. The molecule has 0 radical (unpaired) electrons. The van der Waals surface area contributed by atoms with E-state index >= 15 is 0 Å². The van der Waals surface area contributed by atoms with Crippen molar-refractivity contribution in [2.75, 3.05) is 12.4 Å². The lowest BCUT2D eigenvalue weighted by Gasteiger charge is -2.24. The minimum Gasteiger partial charge on any atom is -0.508 e. The van der Waals surface area contributed by atoms with Crippen LogP contribution in [-0.4, -0.2) is 38.6 Å². The highest BCUT2D eigenvalue weighted by Crippen LogP contribution is 2.19. The number of alkyl halides is 1. The van der Waals surface area contributed by atoms with Gasteiger partial charge in [-0.2, -0.15) is 0 Å². The van der Waals surface area contributed by atoms with Crippen molar-refractivity contribution in [2.24, 2.45) is 0 Å². The minimum absolute atomic E-state index is 0.180. The van der Waals surface area contributed by atoms with Crippen LogP contribution in [0, 0.1) is 0 Å². The number of aliphatic hydroxyl groups excluding tert-OH is 1. The SMILES string of the molecule is Oc1ccccc1CN(Cc1ccccn1)CC(O)CCl. The molecule has 4 nitrogen and oxygen atoms in total. The van der Waals surface area contributed by atoms with Crippen molar-refractivity contribution in [1.29, 1.82) is 0 Å².